The number of Topliss-reactive ketones (excluding diaryl/α,β-unsaturated/α-hetero) is 1. The normalized spacial score (nSPS) is 13.4. The fourth-order valence-electron chi connectivity index (χ4n) is 4.90. The van der Waals surface area contributed by atoms with E-state index in [0.717, 1.165) is 36.9 Å². The van der Waals surface area contributed by atoms with Gasteiger partial charge < -0.3 is 25.2 Å². The Hall–Kier alpha value is -2.35. The third-order valence-electron chi connectivity index (χ3n) is 7.27. The molecule has 43 heavy (non-hydrogen) atoms. The lowest BCUT2D eigenvalue weighted by Gasteiger charge is -2.21. The Labute approximate surface area is 259 Å². The van der Waals surface area contributed by atoms with Gasteiger partial charge in [0.1, 0.15) is 18.1 Å². The van der Waals surface area contributed by atoms with Gasteiger partial charge in [0.05, 0.1) is 12.3 Å². The number of allylic oxidation sites excluding steroid dienone is 2. The van der Waals surface area contributed by atoms with Crippen LogP contribution in [0.2, 0.25) is 0 Å². The molecule has 8 nitrogen and oxygen atoms in total. The summed E-state index contributed by atoms with van der Waals surface area (Å²) in [5.41, 5.74) is 1.76. The van der Waals surface area contributed by atoms with Crippen molar-refractivity contribution in [3.63, 3.8) is 0 Å². The summed E-state index contributed by atoms with van der Waals surface area (Å²) in [6, 6.07) is 13.1. The number of carbonyl (C=O) groups is 1. The van der Waals surface area contributed by atoms with Crippen LogP contribution in [0.5, 0.6) is 5.75 Å². The summed E-state index contributed by atoms with van der Waals surface area (Å²) < 4.78 is 21.6. The van der Waals surface area contributed by atoms with E-state index in [-0.39, 0.29) is 30.9 Å². The van der Waals surface area contributed by atoms with Crippen molar-refractivity contribution in [2.45, 2.75) is 116 Å². The molecule has 1 aromatic heterocycles. The molecule has 1 heterocycles. The highest BCUT2D eigenvalue weighted by Crippen LogP contribution is 2.32. The predicted octanol–water partition coefficient (Wildman–Crippen LogP) is 8.67. The van der Waals surface area contributed by atoms with E-state index in [1.54, 1.807) is 6.20 Å². The molecule has 0 bridgehead atoms. The predicted molar refractivity (Wildman–Crippen MR) is 173 cm³/mol. The number of hydrogen-bond donors (Lipinski definition) is 2. The van der Waals surface area contributed by atoms with Crippen molar-refractivity contribution < 1.29 is 28.4 Å². The second kappa shape index (κ2) is 24.0. The Morgan fingerprint density at radius 1 is 0.930 bits per heavy atom. The van der Waals surface area contributed by atoms with E-state index in [2.05, 4.69) is 28.6 Å². The zero-order valence-corrected chi connectivity index (χ0v) is 27.4. The van der Waals surface area contributed by atoms with Crippen molar-refractivity contribution in [2.24, 2.45) is 5.92 Å². The standard InChI is InChI=1S/C34H52NO6P.H3N/c1-2-3-4-5-6-7-8-9-10-11-12-13-14-15-16-20-33(36)27-31(28-41-42(37,38)39)26-30-21-23-34(24-22-30)40-29-32-19-17-18-25-35-32;/h9-10,17-19,21-25,31H,2-8,11-16,20,26-29H2,1H3,(H2,37,38,39);1H3/b10-9-;/t31-;/m0./s1. The Kier molecular flexibility index (Phi) is 21.6. The van der Waals surface area contributed by atoms with Crippen LogP contribution in [0.25, 0.3) is 0 Å². The smallest absolute Gasteiger partial charge is 0.265 e. The van der Waals surface area contributed by atoms with E-state index in [1.165, 1.54) is 57.8 Å². The van der Waals surface area contributed by atoms with Crippen LogP contribution in [0.1, 0.15) is 114 Å². The molecular formula is C34H55N2O6P. The SMILES string of the molecule is CCCCCCCC/C=C\CCCCCCCC(=O)C[C@@H](COP(=O)([O-])O)Cc1ccc(OCc2ccccn2)cc1.[NH4+]. The number of benzene rings is 1. The number of pyridine rings is 1. The lowest BCUT2D eigenvalue weighted by atomic mass is 9.93. The first-order valence-corrected chi connectivity index (χ1v) is 17.3. The minimum Gasteiger partial charge on any atom is -0.756 e. The summed E-state index contributed by atoms with van der Waals surface area (Å²) in [4.78, 5) is 37.2. The van der Waals surface area contributed by atoms with Gasteiger partial charge in [0.2, 0.25) is 0 Å². The Bertz CT molecular complexity index is 1040. The largest absolute Gasteiger partial charge is 0.756 e. The molecule has 5 N–H and O–H groups in total. The molecule has 1 unspecified atom stereocenters. The third-order valence-corrected chi connectivity index (χ3v) is 7.74. The molecule has 0 fully saturated rings. The van der Waals surface area contributed by atoms with Gasteiger partial charge in [0, 0.05) is 19.0 Å². The number of quaternary nitrogens is 1. The van der Waals surface area contributed by atoms with Gasteiger partial charge in [-0.15, -0.1) is 0 Å². The summed E-state index contributed by atoms with van der Waals surface area (Å²) in [7, 11) is -4.86. The molecule has 0 aliphatic rings. The molecule has 0 saturated heterocycles. The van der Waals surface area contributed by atoms with Crippen LogP contribution in [-0.2, 0) is 26.9 Å². The number of ketones is 1. The van der Waals surface area contributed by atoms with E-state index in [0.29, 0.717) is 25.2 Å². The quantitative estimate of drug-likeness (QED) is 0.0643. The Balaban J connectivity index is 0.00000924. The van der Waals surface area contributed by atoms with E-state index >= 15 is 0 Å². The maximum absolute atomic E-state index is 12.7. The summed E-state index contributed by atoms with van der Waals surface area (Å²) >= 11 is 0. The molecule has 9 heteroatoms. The Morgan fingerprint density at radius 3 is 2.16 bits per heavy atom. The topological polar surface area (TPSA) is 145 Å². The van der Waals surface area contributed by atoms with Crippen molar-refractivity contribution in [1.29, 1.82) is 0 Å². The number of nitrogens with zero attached hydrogens (tertiary/aromatic N) is 1. The van der Waals surface area contributed by atoms with E-state index in [4.69, 9.17) is 9.63 Å². The lowest BCUT2D eigenvalue weighted by molar-refractivity contribution is -0.220. The third kappa shape index (κ3) is 21.1. The van der Waals surface area contributed by atoms with Gasteiger partial charge in [-0.2, -0.15) is 0 Å². The van der Waals surface area contributed by atoms with Gasteiger partial charge >= 0.3 is 0 Å². The molecule has 2 aromatic rings. The number of carbonyl (C=O) groups excluding carboxylic acids is 1. The molecule has 242 valence electrons. The maximum atomic E-state index is 12.7. The molecule has 0 aliphatic carbocycles. The van der Waals surface area contributed by atoms with Crippen LogP contribution in [0.3, 0.4) is 0 Å². The molecule has 2 atom stereocenters. The van der Waals surface area contributed by atoms with Crippen LogP contribution >= 0.6 is 7.82 Å². The summed E-state index contributed by atoms with van der Waals surface area (Å²) in [6.07, 6.45) is 23.2. The van der Waals surface area contributed by atoms with E-state index in [9.17, 15) is 14.3 Å². The van der Waals surface area contributed by atoms with Crippen molar-refractivity contribution in [1.82, 2.24) is 11.1 Å². The number of unbranched alkanes of at least 4 members (excludes halogenated alkanes) is 11. The fraction of sp³-hybridized carbons (Fsp3) is 0.588. The zero-order chi connectivity index (χ0) is 30.3. The van der Waals surface area contributed by atoms with Crippen LogP contribution < -0.4 is 15.8 Å². The highest BCUT2D eigenvalue weighted by atomic mass is 31.2. The van der Waals surface area contributed by atoms with Gasteiger partial charge in [-0.25, -0.2) is 0 Å². The van der Waals surface area contributed by atoms with Crippen molar-refractivity contribution >= 4 is 13.6 Å². The van der Waals surface area contributed by atoms with Gasteiger partial charge in [0.15, 0.2) is 0 Å². The molecule has 2 rings (SSSR count). The van der Waals surface area contributed by atoms with E-state index in [1.807, 2.05) is 42.5 Å². The van der Waals surface area contributed by atoms with E-state index < -0.39 is 7.82 Å². The monoisotopic (exact) mass is 618 g/mol. The summed E-state index contributed by atoms with van der Waals surface area (Å²) in [6.45, 7) is 2.38. The van der Waals surface area contributed by atoms with Crippen LogP contribution in [0, 0.1) is 5.92 Å². The average Bonchev–Trinajstić information content (AvgIpc) is 2.97. The minimum absolute atomic E-state index is 0. The number of hydrogen-bond acceptors (Lipinski definition) is 6. The van der Waals surface area contributed by atoms with Crippen LogP contribution in [0.4, 0.5) is 0 Å². The molecule has 1 aromatic carbocycles. The molecule has 0 spiro atoms. The van der Waals surface area contributed by atoms with Crippen LogP contribution in [0.15, 0.2) is 60.8 Å². The van der Waals surface area contributed by atoms with Crippen LogP contribution in [-0.4, -0.2) is 22.3 Å². The van der Waals surface area contributed by atoms with Gasteiger partial charge in [0.25, 0.3) is 7.82 Å². The van der Waals surface area contributed by atoms with Crippen molar-refractivity contribution in [3.8, 4) is 5.75 Å². The first-order valence-electron chi connectivity index (χ1n) is 15.8. The first-order chi connectivity index (χ1) is 20.4. The minimum atomic E-state index is -4.86. The molecule has 0 amide bonds. The lowest BCUT2D eigenvalue weighted by Crippen LogP contribution is -2.18. The highest BCUT2D eigenvalue weighted by Gasteiger charge is 2.17. The molecule has 0 saturated carbocycles. The zero-order valence-electron chi connectivity index (χ0n) is 26.5. The number of phosphoric ester groups is 1. The van der Waals surface area contributed by atoms with Gasteiger partial charge in [-0.1, -0.05) is 88.6 Å². The Morgan fingerprint density at radius 2 is 1.56 bits per heavy atom. The number of phosphoric acid groups is 1. The molecule has 0 radical (unpaired) electrons. The average molecular weight is 619 g/mol. The highest BCUT2D eigenvalue weighted by molar-refractivity contribution is 7.44. The number of rotatable bonds is 25. The van der Waals surface area contributed by atoms with Crippen molar-refractivity contribution in [2.75, 3.05) is 6.61 Å². The summed E-state index contributed by atoms with van der Waals surface area (Å²) in [5.74, 6) is 0.433. The number of aromatic nitrogens is 1. The molecular weight excluding hydrogens is 563 g/mol. The number of ether oxygens (including phenoxy) is 1. The second-order valence-electron chi connectivity index (χ2n) is 11.2. The second-order valence-corrected chi connectivity index (χ2v) is 12.4. The summed E-state index contributed by atoms with van der Waals surface area (Å²) in [5, 5.41) is 0. The van der Waals surface area contributed by atoms with Crippen molar-refractivity contribution in [3.05, 3.63) is 72.1 Å². The van der Waals surface area contributed by atoms with Gasteiger partial charge in [-0.3, -0.25) is 14.3 Å². The van der Waals surface area contributed by atoms with Gasteiger partial charge in [-0.05, 0) is 74.3 Å². The fourth-order valence-corrected chi connectivity index (χ4v) is 5.30. The molecule has 0 aliphatic heterocycles. The maximum Gasteiger partial charge on any atom is 0.265 e. The first kappa shape index (κ1) is 38.7.